The van der Waals surface area contributed by atoms with E-state index in [0.29, 0.717) is 5.41 Å². The van der Waals surface area contributed by atoms with Crippen molar-refractivity contribution in [1.82, 2.24) is 0 Å². The van der Waals surface area contributed by atoms with E-state index in [1.165, 1.54) is 44.6 Å². The summed E-state index contributed by atoms with van der Waals surface area (Å²) in [6.45, 7) is 17.4. The average Bonchev–Trinajstić information content (AvgIpc) is 2.19. The van der Waals surface area contributed by atoms with Gasteiger partial charge in [-0.3, -0.25) is 0 Å². The van der Waals surface area contributed by atoms with E-state index in [0.717, 1.165) is 12.5 Å². The van der Waals surface area contributed by atoms with Crippen molar-refractivity contribution < 1.29 is 4.43 Å². The molecule has 0 N–H and O–H groups in total. The summed E-state index contributed by atoms with van der Waals surface area (Å²) in [7, 11) is -1.43. The highest BCUT2D eigenvalue weighted by Crippen LogP contribution is 2.30. The summed E-state index contributed by atoms with van der Waals surface area (Å²) in [5.41, 5.74) is 0.448. The van der Waals surface area contributed by atoms with Crippen LogP contribution in [0.1, 0.15) is 73.1 Å². The zero-order valence-electron chi connectivity index (χ0n) is 14.6. The van der Waals surface area contributed by atoms with Gasteiger partial charge in [0.1, 0.15) is 0 Å². The maximum Gasteiger partial charge on any atom is 0.186 e. The molecule has 0 aliphatic rings. The summed E-state index contributed by atoms with van der Waals surface area (Å²) in [4.78, 5) is 0. The number of rotatable bonds is 10. The molecule has 0 aliphatic carbocycles. The Morgan fingerprint density at radius 1 is 1.00 bits per heavy atom. The van der Waals surface area contributed by atoms with Gasteiger partial charge in [0.25, 0.3) is 0 Å². The number of unbranched alkanes of at least 4 members (excludes halogenated alkanes) is 4. The minimum Gasteiger partial charge on any atom is -0.417 e. The molecule has 19 heavy (non-hydrogen) atoms. The molecule has 0 saturated heterocycles. The van der Waals surface area contributed by atoms with Crippen molar-refractivity contribution in [2.75, 3.05) is 6.61 Å². The van der Waals surface area contributed by atoms with Gasteiger partial charge in [0.15, 0.2) is 8.32 Å². The van der Waals surface area contributed by atoms with Gasteiger partial charge in [0.05, 0.1) is 0 Å². The fourth-order valence-electron chi connectivity index (χ4n) is 3.07. The van der Waals surface area contributed by atoms with Crippen LogP contribution in [0.3, 0.4) is 0 Å². The second-order valence-electron chi connectivity index (χ2n) is 8.10. The molecule has 1 unspecified atom stereocenters. The van der Waals surface area contributed by atoms with Gasteiger partial charge >= 0.3 is 0 Å². The summed E-state index contributed by atoms with van der Waals surface area (Å²) in [6, 6.07) is 1.30. The van der Waals surface area contributed by atoms with Crippen LogP contribution < -0.4 is 0 Å². The van der Waals surface area contributed by atoms with E-state index < -0.39 is 8.32 Å². The Kier molecular flexibility index (Phi) is 9.26. The quantitative estimate of drug-likeness (QED) is 0.340. The van der Waals surface area contributed by atoms with E-state index in [-0.39, 0.29) is 0 Å². The second kappa shape index (κ2) is 9.18. The molecular formula is C17H38OSi. The van der Waals surface area contributed by atoms with E-state index in [1.54, 1.807) is 0 Å². The minimum atomic E-state index is -1.43. The summed E-state index contributed by atoms with van der Waals surface area (Å²) >= 11 is 0. The number of hydrogen-bond acceptors (Lipinski definition) is 1. The topological polar surface area (TPSA) is 9.23 Å². The van der Waals surface area contributed by atoms with Gasteiger partial charge in [-0.15, -0.1) is 0 Å². The largest absolute Gasteiger partial charge is 0.417 e. The first-order valence-electron chi connectivity index (χ1n) is 8.30. The Morgan fingerprint density at radius 3 is 2.11 bits per heavy atom. The Balaban J connectivity index is 3.78. The zero-order valence-corrected chi connectivity index (χ0v) is 15.6. The third kappa shape index (κ3) is 12.9. The summed E-state index contributed by atoms with van der Waals surface area (Å²) in [5, 5.41) is 0. The van der Waals surface area contributed by atoms with Gasteiger partial charge < -0.3 is 4.43 Å². The molecule has 1 atom stereocenters. The van der Waals surface area contributed by atoms with Crippen molar-refractivity contribution in [1.29, 1.82) is 0 Å². The SMILES string of the molecule is CCCCCCCO[Si](C)(C)CC(C)CC(C)(C)C. The molecule has 116 valence electrons. The standard InChI is InChI=1S/C17H38OSi/c1-8-9-10-11-12-13-18-19(6,7)15-16(2)14-17(3,4)5/h16H,8-15H2,1-7H3. The van der Waals surface area contributed by atoms with Crippen LogP contribution in [0.4, 0.5) is 0 Å². The smallest absolute Gasteiger partial charge is 0.186 e. The number of hydrogen-bond donors (Lipinski definition) is 0. The molecular weight excluding hydrogens is 248 g/mol. The molecule has 0 radical (unpaired) electrons. The van der Waals surface area contributed by atoms with Crippen molar-refractivity contribution in [3.8, 4) is 0 Å². The lowest BCUT2D eigenvalue weighted by atomic mass is 9.86. The van der Waals surface area contributed by atoms with Crippen LogP contribution in [0.15, 0.2) is 0 Å². The minimum absolute atomic E-state index is 0.448. The molecule has 0 amide bonds. The normalized spacial score (nSPS) is 14.7. The Morgan fingerprint density at radius 2 is 1.58 bits per heavy atom. The van der Waals surface area contributed by atoms with Crippen LogP contribution in [0, 0.1) is 11.3 Å². The zero-order chi connectivity index (χ0) is 14.9. The highest BCUT2D eigenvalue weighted by atomic mass is 28.4. The third-order valence-corrected chi connectivity index (χ3v) is 6.21. The lowest BCUT2D eigenvalue weighted by Gasteiger charge is -2.30. The van der Waals surface area contributed by atoms with E-state index >= 15 is 0 Å². The maximum atomic E-state index is 6.23. The van der Waals surface area contributed by atoms with E-state index in [2.05, 4.69) is 47.7 Å². The summed E-state index contributed by atoms with van der Waals surface area (Å²) in [5.74, 6) is 0.793. The van der Waals surface area contributed by atoms with Gasteiger partial charge in [-0.05, 0) is 43.3 Å². The van der Waals surface area contributed by atoms with Crippen molar-refractivity contribution in [2.24, 2.45) is 11.3 Å². The predicted molar refractivity (Wildman–Crippen MR) is 90.2 cm³/mol. The van der Waals surface area contributed by atoms with Crippen molar-refractivity contribution >= 4 is 8.32 Å². The van der Waals surface area contributed by atoms with Crippen molar-refractivity contribution in [3.63, 3.8) is 0 Å². The van der Waals surface area contributed by atoms with Crippen molar-refractivity contribution in [2.45, 2.75) is 92.3 Å². The molecule has 0 aromatic carbocycles. The van der Waals surface area contributed by atoms with Crippen LogP contribution in [-0.2, 0) is 4.43 Å². The van der Waals surface area contributed by atoms with Gasteiger partial charge in [-0.2, -0.15) is 0 Å². The molecule has 0 bridgehead atoms. The Bertz CT molecular complexity index is 218. The van der Waals surface area contributed by atoms with Gasteiger partial charge in [-0.25, -0.2) is 0 Å². The Hall–Kier alpha value is 0.177. The lowest BCUT2D eigenvalue weighted by Crippen LogP contribution is -2.33. The molecule has 0 aromatic rings. The second-order valence-corrected chi connectivity index (χ2v) is 12.3. The Labute approximate surface area is 123 Å². The first-order chi connectivity index (χ1) is 8.66. The molecule has 2 heteroatoms. The molecule has 0 aromatic heterocycles. The molecule has 0 aliphatic heterocycles. The highest BCUT2D eigenvalue weighted by molar-refractivity contribution is 6.71. The van der Waals surface area contributed by atoms with Gasteiger partial charge in [0, 0.05) is 6.61 Å². The molecule has 0 fully saturated rings. The first-order valence-corrected chi connectivity index (χ1v) is 11.4. The van der Waals surface area contributed by atoms with Gasteiger partial charge in [0.2, 0.25) is 0 Å². The molecule has 0 saturated carbocycles. The lowest BCUT2D eigenvalue weighted by molar-refractivity contribution is 0.275. The predicted octanol–water partition coefficient (Wildman–Crippen LogP) is 6.25. The highest BCUT2D eigenvalue weighted by Gasteiger charge is 2.27. The average molecular weight is 287 g/mol. The molecule has 0 heterocycles. The van der Waals surface area contributed by atoms with Crippen LogP contribution in [0.2, 0.25) is 19.1 Å². The first kappa shape index (κ1) is 19.2. The monoisotopic (exact) mass is 286 g/mol. The van der Waals surface area contributed by atoms with E-state index in [9.17, 15) is 0 Å². The van der Waals surface area contributed by atoms with Gasteiger partial charge in [-0.1, -0.05) is 60.3 Å². The fraction of sp³-hybridized carbons (Fsp3) is 1.00. The third-order valence-electron chi connectivity index (χ3n) is 3.54. The molecule has 0 spiro atoms. The van der Waals surface area contributed by atoms with E-state index in [1.807, 2.05) is 0 Å². The van der Waals surface area contributed by atoms with Crippen LogP contribution in [0.25, 0.3) is 0 Å². The molecule has 1 nitrogen and oxygen atoms in total. The van der Waals surface area contributed by atoms with E-state index in [4.69, 9.17) is 4.43 Å². The van der Waals surface area contributed by atoms with Crippen molar-refractivity contribution in [3.05, 3.63) is 0 Å². The summed E-state index contributed by atoms with van der Waals surface area (Å²) in [6.07, 6.45) is 7.99. The van der Waals surface area contributed by atoms with Crippen LogP contribution >= 0.6 is 0 Å². The maximum absolute atomic E-state index is 6.23. The van der Waals surface area contributed by atoms with Crippen LogP contribution in [-0.4, -0.2) is 14.9 Å². The molecule has 0 rings (SSSR count). The van der Waals surface area contributed by atoms with Crippen LogP contribution in [0.5, 0.6) is 0 Å². The summed E-state index contributed by atoms with van der Waals surface area (Å²) < 4.78 is 6.23. The fourth-order valence-corrected chi connectivity index (χ4v) is 5.71.